The maximum Gasteiger partial charge on any atom is 0.419 e. The maximum absolute atomic E-state index is 14.6. The smallest absolute Gasteiger partial charge is 0.419 e. The van der Waals surface area contributed by atoms with Gasteiger partial charge in [0.25, 0.3) is 5.91 Å². The molecule has 3 rings (SSSR count). The molecule has 1 heterocycles. The van der Waals surface area contributed by atoms with Gasteiger partial charge >= 0.3 is 18.2 Å². The van der Waals surface area contributed by atoms with Crippen molar-refractivity contribution < 1.29 is 37.1 Å². The third kappa shape index (κ3) is 4.34. The van der Waals surface area contributed by atoms with Gasteiger partial charge in [-0.1, -0.05) is 0 Å². The molecule has 1 fully saturated rings. The van der Waals surface area contributed by atoms with E-state index in [4.69, 9.17) is 5.26 Å². The predicted molar refractivity (Wildman–Crippen MR) is 109 cm³/mol. The molecule has 13 heteroatoms. The zero-order valence-electron chi connectivity index (χ0n) is 17.5. The summed E-state index contributed by atoms with van der Waals surface area (Å²) in [6.45, 7) is 0. The van der Waals surface area contributed by atoms with Crippen molar-refractivity contribution in [2.45, 2.75) is 31.0 Å². The van der Waals surface area contributed by atoms with Crippen molar-refractivity contribution in [3.8, 4) is 6.07 Å². The fourth-order valence-electron chi connectivity index (χ4n) is 3.58. The number of aliphatic carboxylic acids is 1. The van der Waals surface area contributed by atoms with Crippen LogP contribution in [0.3, 0.4) is 0 Å². The second kappa shape index (κ2) is 8.97. The summed E-state index contributed by atoms with van der Waals surface area (Å²) in [5, 5.41) is 23.1. The number of hydrogen-bond acceptors (Lipinski definition) is 5. The Balaban J connectivity index is 2.05. The van der Waals surface area contributed by atoms with Gasteiger partial charge in [-0.15, -0.1) is 0 Å². The van der Waals surface area contributed by atoms with Crippen molar-refractivity contribution in [3.63, 3.8) is 0 Å². The van der Waals surface area contributed by atoms with Crippen LogP contribution in [0.5, 0.6) is 0 Å². The highest BCUT2D eigenvalue weighted by Crippen LogP contribution is 2.42. The third-order valence-electron chi connectivity index (χ3n) is 5.44. The third-order valence-corrected chi connectivity index (χ3v) is 5.44. The molecule has 3 N–H and O–H groups in total. The average Bonchev–Trinajstić information content (AvgIpc) is 2.74. The van der Waals surface area contributed by atoms with Gasteiger partial charge in [-0.2, -0.15) is 18.4 Å². The number of anilines is 2. The number of carbonyl (C=O) groups excluding carboxylic acids is 2. The van der Waals surface area contributed by atoms with E-state index in [1.807, 2.05) is 0 Å². The Hall–Kier alpha value is -4.21. The van der Waals surface area contributed by atoms with E-state index >= 15 is 0 Å². The van der Waals surface area contributed by atoms with E-state index in [0.29, 0.717) is 12.5 Å². The van der Waals surface area contributed by atoms with Crippen molar-refractivity contribution in [3.05, 3.63) is 53.1 Å². The zero-order chi connectivity index (χ0) is 25.3. The molecule has 1 aromatic heterocycles. The minimum absolute atomic E-state index is 0.00793. The first kappa shape index (κ1) is 24.4. The van der Waals surface area contributed by atoms with Crippen LogP contribution in [0.25, 0.3) is 0 Å². The van der Waals surface area contributed by atoms with Gasteiger partial charge in [0.2, 0.25) is 0 Å². The summed E-state index contributed by atoms with van der Waals surface area (Å²) in [6, 6.07) is 3.66. The number of aromatic nitrogens is 1. The largest absolute Gasteiger partial charge is 0.479 e. The van der Waals surface area contributed by atoms with Crippen LogP contribution in [0.2, 0.25) is 0 Å². The van der Waals surface area contributed by atoms with Crippen LogP contribution in [-0.4, -0.2) is 40.6 Å². The SMILES string of the molecule is CNC(=O)c1ccc(N(C(=O)Nc2cnc(C#N)c(C(F)(F)F)c2)C2(C(=O)O)CCC2)cc1F. The van der Waals surface area contributed by atoms with Crippen LogP contribution in [-0.2, 0) is 11.0 Å². The number of amides is 3. The van der Waals surface area contributed by atoms with Gasteiger partial charge in [0, 0.05) is 12.7 Å². The molecule has 0 spiro atoms. The number of nitriles is 1. The summed E-state index contributed by atoms with van der Waals surface area (Å²) in [5.74, 6) is -3.17. The standard InChI is InChI=1S/C21H17F4N5O4/c1-27-17(31)13-4-3-12(8-15(13)22)30(20(18(32)33)5-2-6-20)19(34)29-11-7-14(21(23,24)25)16(9-26)28-10-11/h3-4,7-8,10H,2,5-6H2,1H3,(H,27,31)(H,29,34)(H,32,33). The number of halogens is 4. The maximum atomic E-state index is 14.6. The Morgan fingerprint density at radius 2 is 1.91 bits per heavy atom. The summed E-state index contributed by atoms with van der Waals surface area (Å²) >= 11 is 0. The topological polar surface area (TPSA) is 135 Å². The fraction of sp³-hybridized carbons (Fsp3) is 0.286. The van der Waals surface area contributed by atoms with Crippen molar-refractivity contribution in [1.29, 1.82) is 5.26 Å². The van der Waals surface area contributed by atoms with Gasteiger partial charge in [-0.25, -0.2) is 19.0 Å². The molecule has 34 heavy (non-hydrogen) atoms. The van der Waals surface area contributed by atoms with Crippen LogP contribution in [0, 0.1) is 17.1 Å². The molecule has 9 nitrogen and oxygen atoms in total. The molecule has 0 radical (unpaired) electrons. The molecule has 1 aliphatic carbocycles. The lowest BCUT2D eigenvalue weighted by atomic mass is 9.75. The lowest BCUT2D eigenvalue weighted by Gasteiger charge is -2.46. The van der Waals surface area contributed by atoms with Crippen molar-refractivity contribution in [1.82, 2.24) is 10.3 Å². The Morgan fingerprint density at radius 3 is 2.38 bits per heavy atom. The van der Waals surface area contributed by atoms with Crippen molar-refractivity contribution in [2.75, 3.05) is 17.3 Å². The minimum Gasteiger partial charge on any atom is -0.479 e. The summed E-state index contributed by atoms with van der Waals surface area (Å²) in [7, 11) is 1.28. The van der Waals surface area contributed by atoms with Crippen LogP contribution in [0.15, 0.2) is 30.5 Å². The molecule has 2 aromatic rings. The normalized spacial score (nSPS) is 14.4. The molecule has 1 aromatic carbocycles. The minimum atomic E-state index is -4.94. The summed E-state index contributed by atoms with van der Waals surface area (Å²) in [4.78, 5) is 41.1. The highest BCUT2D eigenvalue weighted by atomic mass is 19.4. The van der Waals surface area contributed by atoms with E-state index in [1.165, 1.54) is 13.1 Å². The number of nitrogens with zero attached hydrogens (tertiary/aromatic N) is 3. The Morgan fingerprint density at radius 1 is 1.24 bits per heavy atom. The first-order valence-electron chi connectivity index (χ1n) is 9.78. The van der Waals surface area contributed by atoms with E-state index in [0.717, 1.165) is 29.3 Å². The Labute approximate surface area is 190 Å². The van der Waals surface area contributed by atoms with E-state index in [9.17, 15) is 37.1 Å². The van der Waals surface area contributed by atoms with Gasteiger partial charge < -0.3 is 15.7 Å². The monoisotopic (exact) mass is 479 g/mol. The van der Waals surface area contributed by atoms with E-state index in [2.05, 4.69) is 15.6 Å². The number of hydrogen-bond donors (Lipinski definition) is 3. The first-order valence-corrected chi connectivity index (χ1v) is 9.78. The fourth-order valence-corrected chi connectivity index (χ4v) is 3.58. The molecule has 3 amide bonds. The Bertz CT molecular complexity index is 1200. The number of carboxylic acids is 1. The van der Waals surface area contributed by atoms with Gasteiger partial charge in [-0.3, -0.25) is 9.69 Å². The lowest BCUT2D eigenvalue weighted by molar-refractivity contribution is -0.146. The van der Waals surface area contributed by atoms with Gasteiger partial charge in [0.05, 0.1) is 23.0 Å². The molecular formula is C21H17F4N5O4. The number of pyridine rings is 1. The number of nitrogens with one attached hydrogen (secondary N) is 2. The highest BCUT2D eigenvalue weighted by Gasteiger charge is 2.52. The second-order valence-electron chi connectivity index (χ2n) is 7.43. The highest BCUT2D eigenvalue weighted by molar-refractivity contribution is 6.08. The number of rotatable bonds is 5. The van der Waals surface area contributed by atoms with Crippen LogP contribution in [0.4, 0.5) is 33.7 Å². The quantitative estimate of drug-likeness (QED) is 0.562. The van der Waals surface area contributed by atoms with Crippen molar-refractivity contribution >= 4 is 29.3 Å². The number of urea groups is 1. The molecule has 0 bridgehead atoms. The summed E-state index contributed by atoms with van der Waals surface area (Å²) in [5.41, 5.74) is -5.10. The van der Waals surface area contributed by atoms with E-state index in [-0.39, 0.29) is 24.1 Å². The second-order valence-corrected chi connectivity index (χ2v) is 7.43. The van der Waals surface area contributed by atoms with Gasteiger partial charge in [-0.05, 0) is 43.5 Å². The predicted octanol–water partition coefficient (Wildman–Crippen LogP) is 3.52. The van der Waals surface area contributed by atoms with Crippen LogP contribution in [0.1, 0.15) is 40.9 Å². The van der Waals surface area contributed by atoms with Gasteiger partial charge in [0.15, 0.2) is 5.69 Å². The number of benzene rings is 1. The van der Waals surface area contributed by atoms with E-state index in [1.54, 1.807) is 0 Å². The molecule has 178 valence electrons. The summed E-state index contributed by atoms with van der Waals surface area (Å²) in [6.07, 6.45) is -3.67. The number of carbonyl (C=O) groups is 3. The van der Waals surface area contributed by atoms with Crippen molar-refractivity contribution in [2.24, 2.45) is 0 Å². The zero-order valence-corrected chi connectivity index (χ0v) is 17.5. The Kier molecular flexibility index (Phi) is 6.45. The molecule has 1 aliphatic rings. The summed E-state index contributed by atoms with van der Waals surface area (Å²) < 4.78 is 54.3. The molecule has 0 saturated heterocycles. The van der Waals surface area contributed by atoms with Crippen LogP contribution < -0.4 is 15.5 Å². The van der Waals surface area contributed by atoms with E-state index < -0.39 is 52.4 Å². The molecular weight excluding hydrogens is 462 g/mol. The number of alkyl halides is 3. The molecule has 0 atom stereocenters. The molecule has 0 unspecified atom stereocenters. The average molecular weight is 479 g/mol. The van der Waals surface area contributed by atoms with Crippen LogP contribution >= 0.6 is 0 Å². The number of carboxylic acid groups (broad SMARTS) is 1. The lowest BCUT2D eigenvalue weighted by Crippen LogP contribution is -2.62. The molecule has 1 saturated carbocycles. The van der Waals surface area contributed by atoms with Gasteiger partial charge in [0.1, 0.15) is 17.4 Å². The first-order chi connectivity index (χ1) is 15.9. The molecule has 0 aliphatic heterocycles.